The second-order valence-electron chi connectivity index (χ2n) is 7.38. The number of hydrogen-bond donors (Lipinski definition) is 2. The Morgan fingerprint density at radius 1 is 1.15 bits per heavy atom. The number of benzene rings is 1. The number of halogens is 3. The standard InChI is InChI=1S/C21H27FN3O4S.Ca.2ClH/c1-13(2)19-18(11-10-17(27)12-14(3)26)20(15-6-8-16(22)9-7-15)24-21(23-19)25(4)30(5,28)29;;;/h6-11,13-14,17,26-27H,3,12H2,1-2,4-5H3;;2*1H/q-1;+2;;/p-2/b11-10+;;;/t14-,17+;;;/m0.../s1. The van der Waals surface area contributed by atoms with Crippen molar-refractivity contribution in [1.82, 2.24) is 9.97 Å². The smallest absolute Gasteiger partial charge is 1.00 e. The molecule has 0 radical (unpaired) electrons. The van der Waals surface area contributed by atoms with E-state index in [0.717, 1.165) is 10.6 Å². The first kappa shape index (κ1) is 34.6. The fourth-order valence-electron chi connectivity index (χ4n) is 2.76. The van der Waals surface area contributed by atoms with E-state index >= 15 is 0 Å². The van der Waals surface area contributed by atoms with Gasteiger partial charge in [-0.25, -0.2) is 27.1 Å². The van der Waals surface area contributed by atoms with E-state index in [9.17, 15) is 23.0 Å². The maximum absolute atomic E-state index is 13.5. The zero-order chi connectivity index (χ0) is 22.6. The summed E-state index contributed by atoms with van der Waals surface area (Å²) in [4.78, 5) is 8.89. The third kappa shape index (κ3) is 9.93. The number of rotatable bonds is 8. The monoisotopic (exact) mass is 546 g/mol. The molecule has 12 heteroatoms. The molecule has 0 bridgehead atoms. The predicted octanol–water partition coefficient (Wildman–Crippen LogP) is -3.61. The van der Waals surface area contributed by atoms with Crippen LogP contribution in [-0.4, -0.2) is 91.8 Å². The first-order valence-corrected chi connectivity index (χ1v) is 11.2. The Kier molecular flexibility index (Phi) is 15.5. The second-order valence-corrected chi connectivity index (χ2v) is 9.39. The molecule has 2 aromatic rings. The SMILES string of the molecule is [CH2-][C@H](O)C[C@H](O)/C=C/c1c(-c2ccc(F)cc2)nc(N(C)S(C)(=O)=O)nc1C(C)C.[Ca+2].[Cl-].[Cl-]. The Morgan fingerprint density at radius 3 is 2.15 bits per heavy atom. The number of nitrogens with zero attached hydrogens (tertiary/aromatic N) is 3. The van der Waals surface area contributed by atoms with Crippen LogP contribution in [0.3, 0.4) is 0 Å². The van der Waals surface area contributed by atoms with Gasteiger partial charge in [-0.2, -0.15) is 0 Å². The van der Waals surface area contributed by atoms with E-state index in [1.54, 1.807) is 18.2 Å². The van der Waals surface area contributed by atoms with Crippen molar-refractivity contribution in [3.05, 3.63) is 54.3 Å². The molecule has 2 rings (SSSR count). The number of anilines is 1. The Bertz CT molecular complexity index is 1020. The van der Waals surface area contributed by atoms with Crippen LogP contribution in [0, 0.1) is 12.7 Å². The van der Waals surface area contributed by atoms with Gasteiger partial charge in [0.25, 0.3) is 0 Å². The molecule has 0 aliphatic heterocycles. The van der Waals surface area contributed by atoms with E-state index in [4.69, 9.17) is 0 Å². The van der Waals surface area contributed by atoms with E-state index in [1.807, 2.05) is 13.8 Å². The average molecular weight is 548 g/mol. The minimum absolute atomic E-state index is 0. The van der Waals surface area contributed by atoms with E-state index in [2.05, 4.69) is 16.9 Å². The normalized spacial score (nSPS) is 13.0. The quantitative estimate of drug-likeness (QED) is 0.262. The van der Waals surface area contributed by atoms with Crippen LogP contribution in [0.2, 0.25) is 0 Å². The summed E-state index contributed by atoms with van der Waals surface area (Å²) in [6, 6.07) is 5.65. The molecule has 1 heterocycles. The van der Waals surface area contributed by atoms with Crippen molar-refractivity contribution in [3.63, 3.8) is 0 Å². The summed E-state index contributed by atoms with van der Waals surface area (Å²) >= 11 is 0. The van der Waals surface area contributed by atoms with Crippen molar-refractivity contribution in [2.24, 2.45) is 0 Å². The summed E-state index contributed by atoms with van der Waals surface area (Å²) in [5.41, 5.74) is 2.10. The molecule has 0 aliphatic carbocycles. The molecule has 2 N–H and O–H groups in total. The molecule has 0 aliphatic rings. The first-order chi connectivity index (χ1) is 13.9. The van der Waals surface area contributed by atoms with Gasteiger partial charge in [0, 0.05) is 18.2 Å². The van der Waals surface area contributed by atoms with Crippen LogP contribution < -0.4 is 29.1 Å². The number of sulfonamides is 1. The van der Waals surface area contributed by atoms with Crippen LogP contribution in [0.5, 0.6) is 0 Å². The van der Waals surface area contributed by atoms with E-state index in [0.29, 0.717) is 22.5 Å². The van der Waals surface area contributed by atoms with Gasteiger partial charge in [0.15, 0.2) is 0 Å². The number of aliphatic hydroxyl groups excluding tert-OH is 2. The summed E-state index contributed by atoms with van der Waals surface area (Å²) in [5.74, 6) is -0.525. The summed E-state index contributed by atoms with van der Waals surface area (Å²) in [5, 5.41) is 19.5. The molecule has 0 amide bonds. The van der Waals surface area contributed by atoms with Crippen LogP contribution >= 0.6 is 0 Å². The van der Waals surface area contributed by atoms with Crippen LogP contribution in [-0.2, 0) is 10.0 Å². The third-order valence-electron chi connectivity index (χ3n) is 4.41. The molecular weight excluding hydrogens is 520 g/mol. The zero-order valence-electron chi connectivity index (χ0n) is 18.9. The number of aliphatic hydroxyl groups is 2. The molecule has 0 saturated carbocycles. The zero-order valence-corrected chi connectivity index (χ0v) is 23.4. The molecular formula is C21H27CaCl2FN3O4S-. The molecule has 7 nitrogen and oxygen atoms in total. The van der Waals surface area contributed by atoms with Crippen LogP contribution in [0.1, 0.15) is 37.4 Å². The molecule has 33 heavy (non-hydrogen) atoms. The molecule has 0 spiro atoms. The molecule has 0 fully saturated rings. The Morgan fingerprint density at radius 2 is 1.70 bits per heavy atom. The summed E-state index contributed by atoms with van der Waals surface area (Å²) < 4.78 is 38.5. The van der Waals surface area contributed by atoms with Gasteiger partial charge in [-0.3, -0.25) is 0 Å². The fourth-order valence-corrected chi connectivity index (χ4v) is 3.14. The molecule has 0 saturated heterocycles. The molecule has 1 aromatic heterocycles. The van der Waals surface area contributed by atoms with Crippen LogP contribution in [0.15, 0.2) is 30.3 Å². The molecule has 2 atom stereocenters. The van der Waals surface area contributed by atoms with Crippen molar-refractivity contribution in [2.75, 3.05) is 17.6 Å². The van der Waals surface area contributed by atoms with Gasteiger partial charge in [0.1, 0.15) is 5.82 Å². The second kappa shape index (κ2) is 14.8. The molecule has 1 aromatic carbocycles. The Balaban J connectivity index is 0. The first-order valence-electron chi connectivity index (χ1n) is 9.39. The van der Waals surface area contributed by atoms with Crippen molar-refractivity contribution in [2.45, 2.75) is 38.4 Å². The average Bonchev–Trinajstić information content (AvgIpc) is 2.64. The minimum Gasteiger partial charge on any atom is -1.00 e. The Labute approximate surface area is 237 Å². The van der Waals surface area contributed by atoms with Gasteiger partial charge in [0.2, 0.25) is 16.0 Å². The van der Waals surface area contributed by atoms with Crippen molar-refractivity contribution < 1.29 is 47.8 Å². The van der Waals surface area contributed by atoms with E-state index in [-0.39, 0.29) is 80.8 Å². The van der Waals surface area contributed by atoms with Crippen molar-refractivity contribution in [3.8, 4) is 11.3 Å². The topological polar surface area (TPSA) is 104 Å². The van der Waals surface area contributed by atoms with Crippen LogP contribution in [0.4, 0.5) is 10.3 Å². The minimum atomic E-state index is -3.60. The largest absolute Gasteiger partial charge is 2.00 e. The van der Waals surface area contributed by atoms with E-state index in [1.165, 1.54) is 25.3 Å². The molecule has 180 valence electrons. The summed E-state index contributed by atoms with van der Waals surface area (Å²) in [6.07, 6.45) is 2.36. The fraction of sp³-hybridized carbons (Fsp3) is 0.381. The van der Waals surface area contributed by atoms with Gasteiger partial charge >= 0.3 is 37.7 Å². The molecule has 0 unspecified atom stereocenters. The van der Waals surface area contributed by atoms with Crippen molar-refractivity contribution in [1.29, 1.82) is 0 Å². The van der Waals surface area contributed by atoms with Gasteiger partial charge in [0.05, 0.1) is 23.7 Å². The third-order valence-corrected chi connectivity index (χ3v) is 5.56. The number of aromatic nitrogens is 2. The maximum atomic E-state index is 13.5. The van der Waals surface area contributed by atoms with Gasteiger partial charge in [-0.15, -0.1) is 0 Å². The van der Waals surface area contributed by atoms with Crippen molar-refractivity contribution >= 4 is 59.8 Å². The number of hydrogen-bond acceptors (Lipinski definition) is 6. The van der Waals surface area contributed by atoms with Gasteiger partial charge in [-0.05, 0) is 36.6 Å². The van der Waals surface area contributed by atoms with Crippen LogP contribution in [0.25, 0.3) is 17.3 Å². The van der Waals surface area contributed by atoms with Gasteiger partial charge in [-0.1, -0.05) is 32.1 Å². The maximum Gasteiger partial charge on any atom is 2.00 e. The Hall–Kier alpha value is -0.520. The predicted molar refractivity (Wildman–Crippen MR) is 122 cm³/mol. The van der Waals surface area contributed by atoms with E-state index < -0.39 is 28.0 Å². The summed E-state index contributed by atoms with van der Waals surface area (Å²) in [6.45, 7) is 7.24. The van der Waals surface area contributed by atoms with Gasteiger partial charge < -0.3 is 42.0 Å². The summed E-state index contributed by atoms with van der Waals surface area (Å²) in [7, 11) is -2.24.